The zero-order chi connectivity index (χ0) is 15.3. The van der Waals surface area contributed by atoms with Gasteiger partial charge in [0.1, 0.15) is 0 Å². The Morgan fingerprint density at radius 2 is 2.05 bits per heavy atom. The van der Waals surface area contributed by atoms with Crippen LogP contribution >= 0.6 is 11.3 Å². The molecule has 0 saturated carbocycles. The van der Waals surface area contributed by atoms with Gasteiger partial charge in [-0.2, -0.15) is 11.3 Å². The monoisotopic (exact) mass is 319 g/mol. The van der Waals surface area contributed by atoms with Gasteiger partial charge in [0, 0.05) is 0 Å². The Bertz CT molecular complexity index is 565. The zero-order valence-corrected chi connectivity index (χ0v) is 13.1. The Morgan fingerprint density at radius 1 is 1.40 bits per heavy atom. The summed E-state index contributed by atoms with van der Waals surface area (Å²) in [5.74, 6) is -2.10. The van der Waals surface area contributed by atoms with Crippen molar-refractivity contribution >= 4 is 33.2 Å². The average molecular weight is 319 g/mol. The van der Waals surface area contributed by atoms with E-state index < -0.39 is 33.1 Å². The van der Waals surface area contributed by atoms with Crippen LogP contribution in [0.5, 0.6) is 0 Å². The van der Waals surface area contributed by atoms with Gasteiger partial charge in [-0.15, -0.1) is 0 Å². The van der Waals surface area contributed by atoms with E-state index in [1.807, 2.05) is 4.72 Å². The molecular weight excluding hydrogens is 302 g/mol. The van der Waals surface area contributed by atoms with Crippen molar-refractivity contribution in [2.75, 3.05) is 7.11 Å². The van der Waals surface area contributed by atoms with Crippen LogP contribution in [0.2, 0.25) is 0 Å². The number of esters is 1. The lowest BCUT2D eigenvalue weighted by molar-refractivity contribution is -0.144. The van der Waals surface area contributed by atoms with Crippen molar-refractivity contribution < 1.29 is 22.7 Å². The molecule has 1 aromatic heterocycles. The van der Waals surface area contributed by atoms with Gasteiger partial charge < -0.3 is 4.74 Å². The predicted octanol–water partition coefficient (Wildman–Crippen LogP) is 0.934. The largest absolute Gasteiger partial charge is 0.469 e. The molecule has 2 atom stereocenters. The summed E-state index contributed by atoms with van der Waals surface area (Å²) in [6, 6.07) is 1.75. The maximum absolute atomic E-state index is 12.0. The summed E-state index contributed by atoms with van der Waals surface area (Å²) in [5, 5.41) is 2.52. The van der Waals surface area contributed by atoms with Gasteiger partial charge in [0.2, 0.25) is 15.9 Å². The van der Waals surface area contributed by atoms with Gasteiger partial charge in [-0.25, -0.2) is 8.42 Å². The molecule has 0 aliphatic heterocycles. The molecule has 0 unspecified atom stereocenters. The lowest BCUT2D eigenvalue weighted by Crippen LogP contribution is -2.42. The van der Waals surface area contributed by atoms with Crippen molar-refractivity contribution in [3.05, 3.63) is 22.4 Å². The van der Waals surface area contributed by atoms with Crippen molar-refractivity contribution in [3.8, 4) is 0 Å². The summed E-state index contributed by atoms with van der Waals surface area (Å²) >= 11 is 1.43. The maximum atomic E-state index is 12.0. The number of thiophene rings is 1. The fraction of sp³-hybridized carbons (Fsp3) is 0.500. The molecule has 1 aromatic rings. The van der Waals surface area contributed by atoms with Crippen LogP contribution in [-0.2, 0) is 30.8 Å². The Kier molecular flexibility index (Phi) is 5.70. The normalized spacial score (nSPS) is 14.3. The molecule has 6 nitrogen and oxygen atoms in total. The smallest absolute Gasteiger partial charge is 0.309 e. The van der Waals surface area contributed by atoms with E-state index in [1.54, 1.807) is 16.8 Å². The summed E-state index contributed by atoms with van der Waals surface area (Å²) in [7, 11) is -2.73. The minimum Gasteiger partial charge on any atom is -0.469 e. The highest BCUT2D eigenvalue weighted by Gasteiger charge is 2.32. The third-order valence-corrected chi connectivity index (χ3v) is 5.60. The number of carbonyl (C=O) groups excluding carboxylic acids is 2. The van der Waals surface area contributed by atoms with Crippen molar-refractivity contribution in [3.63, 3.8) is 0 Å². The van der Waals surface area contributed by atoms with Crippen LogP contribution in [0.15, 0.2) is 16.8 Å². The topological polar surface area (TPSA) is 89.5 Å². The van der Waals surface area contributed by atoms with Crippen LogP contribution in [0.1, 0.15) is 19.4 Å². The first-order valence-electron chi connectivity index (χ1n) is 5.91. The average Bonchev–Trinajstić information content (AvgIpc) is 2.87. The van der Waals surface area contributed by atoms with E-state index in [4.69, 9.17) is 0 Å². The molecule has 112 valence electrons. The van der Waals surface area contributed by atoms with Gasteiger partial charge in [-0.05, 0) is 29.3 Å². The number of sulfonamides is 1. The van der Waals surface area contributed by atoms with E-state index in [2.05, 4.69) is 4.74 Å². The second kappa shape index (κ2) is 6.85. The van der Waals surface area contributed by atoms with Crippen molar-refractivity contribution in [2.24, 2.45) is 5.92 Å². The third-order valence-electron chi connectivity index (χ3n) is 2.97. The van der Waals surface area contributed by atoms with Gasteiger partial charge in [0.05, 0.1) is 24.7 Å². The number of carbonyl (C=O) groups is 2. The Balaban J connectivity index is 2.69. The van der Waals surface area contributed by atoms with Gasteiger partial charge in [-0.3, -0.25) is 14.3 Å². The highest BCUT2D eigenvalue weighted by Crippen LogP contribution is 2.13. The molecule has 20 heavy (non-hydrogen) atoms. The van der Waals surface area contributed by atoms with E-state index in [9.17, 15) is 18.0 Å². The second-order valence-corrected chi connectivity index (χ2v) is 7.21. The van der Waals surface area contributed by atoms with Crippen molar-refractivity contribution in [1.82, 2.24) is 4.72 Å². The van der Waals surface area contributed by atoms with Gasteiger partial charge in [0.25, 0.3) is 0 Å². The van der Waals surface area contributed by atoms with E-state index in [1.165, 1.54) is 32.3 Å². The quantitative estimate of drug-likeness (QED) is 0.788. The maximum Gasteiger partial charge on any atom is 0.309 e. The van der Waals surface area contributed by atoms with E-state index in [0.29, 0.717) is 0 Å². The van der Waals surface area contributed by atoms with E-state index in [-0.39, 0.29) is 6.42 Å². The van der Waals surface area contributed by atoms with Gasteiger partial charge in [-0.1, -0.05) is 6.92 Å². The minimum absolute atomic E-state index is 0.0119. The van der Waals surface area contributed by atoms with Crippen molar-refractivity contribution in [1.29, 1.82) is 0 Å². The molecule has 1 rings (SSSR count). The SMILES string of the molecule is COC(=O)[C@H](C)[C@@H](C)S(=O)(=O)NC(=O)Cc1ccsc1. The molecule has 1 N–H and O–H groups in total. The van der Waals surface area contributed by atoms with Gasteiger partial charge in [0.15, 0.2) is 0 Å². The fourth-order valence-corrected chi connectivity index (χ4v) is 3.41. The van der Waals surface area contributed by atoms with Crippen molar-refractivity contribution in [2.45, 2.75) is 25.5 Å². The first-order valence-corrected chi connectivity index (χ1v) is 8.40. The third kappa shape index (κ3) is 4.31. The predicted molar refractivity (Wildman–Crippen MR) is 75.7 cm³/mol. The van der Waals surface area contributed by atoms with Crippen LogP contribution in [0.4, 0.5) is 0 Å². The highest BCUT2D eigenvalue weighted by atomic mass is 32.2. The summed E-state index contributed by atoms with van der Waals surface area (Å²) < 4.78 is 30.5. The number of nitrogens with one attached hydrogen (secondary N) is 1. The molecule has 0 fully saturated rings. The Labute approximate surface area is 122 Å². The summed E-state index contributed by atoms with van der Waals surface area (Å²) in [5.41, 5.74) is 0.747. The zero-order valence-electron chi connectivity index (χ0n) is 11.5. The molecule has 0 aromatic carbocycles. The molecule has 1 heterocycles. The Hall–Kier alpha value is -1.41. The number of amides is 1. The molecule has 0 spiro atoms. The standard InChI is InChI=1S/C12H17NO5S2/c1-8(12(15)18-3)9(2)20(16,17)13-11(14)6-10-4-5-19-7-10/h4-5,7-9H,6H2,1-3H3,(H,13,14)/t8-,9-/m1/s1. The van der Waals surface area contributed by atoms with Crippen LogP contribution in [0, 0.1) is 5.92 Å². The number of hydrogen-bond acceptors (Lipinski definition) is 6. The number of ether oxygens (including phenoxy) is 1. The number of methoxy groups -OCH3 is 1. The first kappa shape index (κ1) is 16.6. The molecule has 0 aliphatic rings. The summed E-state index contributed by atoms with van der Waals surface area (Å²) in [6.07, 6.45) is -0.0119. The molecule has 0 radical (unpaired) electrons. The fourth-order valence-electron chi connectivity index (χ4n) is 1.51. The second-order valence-electron chi connectivity index (χ2n) is 4.40. The molecular formula is C12H17NO5S2. The lowest BCUT2D eigenvalue weighted by Gasteiger charge is -2.18. The Morgan fingerprint density at radius 3 is 2.55 bits per heavy atom. The summed E-state index contributed by atoms with van der Waals surface area (Å²) in [4.78, 5) is 23.0. The van der Waals surface area contributed by atoms with Gasteiger partial charge >= 0.3 is 5.97 Å². The minimum atomic E-state index is -3.91. The summed E-state index contributed by atoms with van der Waals surface area (Å²) in [6.45, 7) is 2.81. The molecule has 0 saturated heterocycles. The number of hydrogen-bond donors (Lipinski definition) is 1. The van der Waals surface area contributed by atoms with Crippen LogP contribution in [0.3, 0.4) is 0 Å². The molecule has 0 bridgehead atoms. The first-order chi connectivity index (χ1) is 9.27. The van der Waals surface area contributed by atoms with Crippen LogP contribution in [-0.4, -0.2) is 32.7 Å². The number of rotatable bonds is 6. The molecule has 0 aliphatic carbocycles. The lowest BCUT2D eigenvalue weighted by atomic mass is 10.1. The highest BCUT2D eigenvalue weighted by molar-refractivity contribution is 7.90. The van der Waals surface area contributed by atoms with E-state index in [0.717, 1.165) is 5.56 Å². The van der Waals surface area contributed by atoms with Crippen LogP contribution in [0.25, 0.3) is 0 Å². The molecule has 8 heteroatoms. The molecule has 1 amide bonds. The van der Waals surface area contributed by atoms with Crippen LogP contribution < -0.4 is 4.72 Å². The van der Waals surface area contributed by atoms with E-state index >= 15 is 0 Å².